The van der Waals surface area contributed by atoms with Crippen LogP contribution in [0.3, 0.4) is 0 Å². The molecular weight excluding hydrogens is 231 g/mol. The van der Waals surface area contributed by atoms with E-state index in [4.69, 9.17) is 5.26 Å². The molecule has 5 heteroatoms. The van der Waals surface area contributed by atoms with Gasteiger partial charge in [-0.05, 0) is 24.6 Å². The van der Waals surface area contributed by atoms with Crippen molar-refractivity contribution in [1.82, 2.24) is 9.78 Å². The summed E-state index contributed by atoms with van der Waals surface area (Å²) in [6, 6.07) is 6.25. The molecule has 0 aliphatic heterocycles. The Balaban J connectivity index is 2.31. The van der Waals surface area contributed by atoms with E-state index in [1.807, 2.05) is 20.0 Å². The molecule has 1 N–H and O–H groups in total. The molecule has 1 heterocycles. The fraction of sp³-hybridized carbons (Fsp3) is 0.231. The summed E-state index contributed by atoms with van der Waals surface area (Å²) in [5.41, 5.74) is 2.31. The number of nitrogens with one attached hydrogen (secondary N) is 1. The van der Waals surface area contributed by atoms with E-state index in [0.717, 1.165) is 17.8 Å². The Morgan fingerprint density at radius 2 is 2.22 bits per heavy atom. The number of nitrogens with zero attached hydrogens (tertiary/aromatic N) is 3. The summed E-state index contributed by atoms with van der Waals surface area (Å²) in [6.07, 6.45) is 2.57. The Kier molecular flexibility index (Phi) is 3.28. The van der Waals surface area contributed by atoms with Gasteiger partial charge in [-0.2, -0.15) is 10.4 Å². The van der Waals surface area contributed by atoms with Crippen LogP contribution in [-0.2, 0) is 13.5 Å². The van der Waals surface area contributed by atoms with Gasteiger partial charge in [-0.3, -0.25) is 4.68 Å². The van der Waals surface area contributed by atoms with Crippen molar-refractivity contribution in [2.45, 2.75) is 13.3 Å². The SMILES string of the molecule is CCc1nn(C)cc1Nc1ccc(C#N)cc1F. The van der Waals surface area contributed by atoms with Gasteiger partial charge in [0.25, 0.3) is 0 Å². The van der Waals surface area contributed by atoms with Crippen molar-refractivity contribution < 1.29 is 4.39 Å². The van der Waals surface area contributed by atoms with Gasteiger partial charge in [0.05, 0.1) is 28.7 Å². The largest absolute Gasteiger partial charge is 0.350 e. The molecule has 0 amide bonds. The van der Waals surface area contributed by atoms with Crippen LogP contribution in [0.4, 0.5) is 15.8 Å². The van der Waals surface area contributed by atoms with Crippen LogP contribution in [0, 0.1) is 17.1 Å². The second-order valence-electron chi connectivity index (χ2n) is 3.95. The molecule has 0 aliphatic rings. The predicted octanol–water partition coefficient (Wildman–Crippen LogP) is 2.74. The molecule has 1 aromatic carbocycles. The van der Waals surface area contributed by atoms with Crippen LogP contribution in [0.2, 0.25) is 0 Å². The fourth-order valence-electron chi connectivity index (χ4n) is 1.73. The van der Waals surface area contributed by atoms with E-state index >= 15 is 0 Å². The number of aromatic nitrogens is 2. The lowest BCUT2D eigenvalue weighted by molar-refractivity contribution is 0.631. The van der Waals surface area contributed by atoms with E-state index in [-0.39, 0.29) is 0 Å². The highest BCUT2D eigenvalue weighted by Crippen LogP contribution is 2.23. The normalized spacial score (nSPS) is 10.1. The molecule has 2 aromatic rings. The molecule has 0 saturated heterocycles. The fourth-order valence-corrected chi connectivity index (χ4v) is 1.73. The van der Waals surface area contributed by atoms with Gasteiger partial charge in [0.15, 0.2) is 0 Å². The molecule has 0 bridgehead atoms. The highest BCUT2D eigenvalue weighted by atomic mass is 19.1. The molecular formula is C13H13FN4. The highest BCUT2D eigenvalue weighted by molar-refractivity contribution is 5.62. The van der Waals surface area contributed by atoms with Crippen LogP contribution in [0.15, 0.2) is 24.4 Å². The smallest absolute Gasteiger partial charge is 0.147 e. The summed E-state index contributed by atoms with van der Waals surface area (Å²) in [5.74, 6) is -0.444. The Bertz CT molecular complexity index is 610. The van der Waals surface area contributed by atoms with Gasteiger partial charge in [0.1, 0.15) is 5.82 Å². The Morgan fingerprint density at radius 1 is 1.44 bits per heavy atom. The van der Waals surface area contributed by atoms with Crippen LogP contribution in [0.1, 0.15) is 18.2 Å². The first-order chi connectivity index (χ1) is 8.63. The van der Waals surface area contributed by atoms with Crippen LogP contribution in [0.5, 0.6) is 0 Å². The minimum Gasteiger partial charge on any atom is -0.350 e. The third-order valence-corrected chi connectivity index (χ3v) is 2.61. The summed E-state index contributed by atoms with van der Waals surface area (Å²) in [6.45, 7) is 1.99. The maximum absolute atomic E-state index is 13.7. The van der Waals surface area contributed by atoms with Gasteiger partial charge in [-0.1, -0.05) is 6.92 Å². The number of anilines is 2. The number of nitriles is 1. The summed E-state index contributed by atoms with van der Waals surface area (Å²) >= 11 is 0. The second kappa shape index (κ2) is 4.88. The third-order valence-electron chi connectivity index (χ3n) is 2.61. The number of halogens is 1. The number of aryl methyl sites for hydroxylation is 2. The van der Waals surface area contributed by atoms with E-state index in [1.54, 1.807) is 23.0 Å². The van der Waals surface area contributed by atoms with E-state index < -0.39 is 5.82 Å². The first kappa shape index (κ1) is 12.1. The minimum atomic E-state index is -0.444. The van der Waals surface area contributed by atoms with Gasteiger partial charge >= 0.3 is 0 Å². The number of rotatable bonds is 3. The zero-order valence-corrected chi connectivity index (χ0v) is 10.2. The first-order valence-corrected chi connectivity index (χ1v) is 5.63. The van der Waals surface area contributed by atoms with Crippen LogP contribution in [0.25, 0.3) is 0 Å². The average molecular weight is 244 g/mol. The zero-order chi connectivity index (χ0) is 13.1. The summed E-state index contributed by atoms with van der Waals surface area (Å²) in [5, 5.41) is 15.9. The van der Waals surface area contributed by atoms with E-state index in [1.165, 1.54) is 6.07 Å². The Labute approximate surface area is 105 Å². The van der Waals surface area contributed by atoms with E-state index in [0.29, 0.717) is 11.3 Å². The van der Waals surface area contributed by atoms with Crippen molar-refractivity contribution in [1.29, 1.82) is 5.26 Å². The lowest BCUT2D eigenvalue weighted by Crippen LogP contribution is -1.96. The predicted molar refractivity (Wildman–Crippen MR) is 67.0 cm³/mol. The summed E-state index contributed by atoms with van der Waals surface area (Å²) in [4.78, 5) is 0. The number of hydrogen-bond acceptors (Lipinski definition) is 3. The first-order valence-electron chi connectivity index (χ1n) is 5.63. The molecule has 2 rings (SSSR count). The molecule has 0 radical (unpaired) electrons. The van der Waals surface area contributed by atoms with Crippen LogP contribution < -0.4 is 5.32 Å². The van der Waals surface area contributed by atoms with Crippen LogP contribution >= 0.6 is 0 Å². The molecule has 0 spiro atoms. The molecule has 0 fully saturated rings. The van der Waals surface area contributed by atoms with Crippen molar-refractivity contribution in [3.63, 3.8) is 0 Å². The van der Waals surface area contributed by atoms with Gasteiger partial charge in [-0.25, -0.2) is 4.39 Å². The average Bonchev–Trinajstić information content (AvgIpc) is 2.72. The zero-order valence-electron chi connectivity index (χ0n) is 10.2. The van der Waals surface area contributed by atoms with E-state index in [9.17, 15) is 4.39 Å². The van der Waals surface area contributed by atoms with Gasteiger partial charge in [0, 0.05) is 13.2 Å². The Hall–Kier alpha value is -2.35. The molecule has 0 atom stereocenters. The minimum absolute atomic E-state index is 0.306. The maximum atomic E-state index is 13.7. The van der Waals surface area contributed by atoms with Crippen molar-refractivity contribution in [2.24, 2.45) is 7.05 Å². The second-order valence-corrected chi connectivity index (χ2v) is 3.95. The number of benzene rings is 1. The van der Waals surface area contributed by atoms with E-state index in [2.05, 4.69) is 10.4 Å². The molecule has 92 valence electrons. The Morgan fingerprint density at radius 3 is 2.83 bits per heavy atom. The quantitative estimate of drug-likeness (QED) is 0.903. The van der Waals surface area contributed by atoms with Gasteiger partial charge in [0.2, 0.25) is 0 Å². The van der Waals surface area contributed by atoms with Crippen molar-refractivity contribution >= 4 is 11.4 Å². The van der Waals surface area contributed by atoms with Gasteiger partial charge < -0.3 is 5.32 Å². The molecule has 0 saturated carbocycles. The van der Waals surface area contributed by atoms with Crippen LogP contribution in [-0.4, -0.2) is 9.78 Å². The lowest BCUT2D eigenvalue weighted by Gasteiger charge is -2.06. The molecule has 1 aromatic heterocycles. The summed E-state index contributed by atoms with van der Waals surface area (Å²) in [7, 11) is 1.82. The topological polar surface area (TPSA) is 53.6 Å². The highest BCUT2D eigenvalue weighted by Gasteiger charge is 2.09. The number of hydrogen-bond donors (Lipinski definition) is 1. The third kappa shape index (κ3) is 2.33. The standard InChI is InChI=1S/C13H13FN4/c1-3-11-13(8-18(2)17-11)16-12-5-4-9(7-15)6-10(12)14/h4-6,8,16H,3H2,1-2H3. The van der Waals surface area contributed by atoms with Crippen molar-refractivity contribution in [3.8, 4) is 6.07 Å². The summed E-state index contributed by atoms with van der Waals surface area (Å²) < 4.78 is 15.4. The molecule has 0 aliphatic carbocycles. The monoisotopic (exact) mass is 244 g/mol. The molecule has 0 unspecified atom stereocenters. The lowest BCUT2D eigenvalue weighted by atomic mass is 10.2. The molecule has 18 heavy (non-hydrogen) atoms. The van der Waals surface area contributed by atoms with Gasteiger partial charge in [-0.15, -0.1) is 0 Å². The molecule has 4 nitrogen and oxygen atoms in total. The van der Waals surface area contributed by atoms with Crippen molar-refractivity contribution in [3.05, 3.63) is 41.5 Å². The van der Waals surface area contributed by atoms with Crippen molar-refractivity contribution in [2.75, 3.05) is 5.32 Å². The maximum Gasteiger partial charge on any atom is 0.147 e.